The van der Waals surface area contributed by atoms with Crippen LogP contribution >= 0.6 is 11.3 Å². The highest BCUT2D eigenvalue weighted by Crippen LogP contribution is 2.17. The minimum Gasteiger partial charge on any atom is -0.251 e. The van der Waals surface area contributed by atoms with Gasteiger partial charge in [-0.15, -0.1) is 15.3 Å². The number of hydrogen-bond donors (Lipinski definition) is 1. The molecule has 0 spiro atoms. The summed E-state index contributed by atoms with van der Waals surface area (Å²) in [5.41, 5.74) is 3.92. The number of hydrogen-bond acceptors (Lipinski definition) is 6. The highest BCUT2D eigenvalue weighted by Gasteiger charge is 2.07. The molecule has 1 N–H and O–H groups in total. The fourth-order valence-electron chi connectivity index (χ4n) is 1.46. The molecule has 18 heavy (non-hydrogen) atoms. The first kappa shape index (κ1) is 10.8. The number of benzene rings is 1. The third-order valence-electron chi connectivity index (χ3n) is 2.32. The number of anilines is 1. The molecule has 0 aliphatic heterocycles. The summed E-state index contributed by atoms with van der Waals surface area (Å²) in [6.07, 6.45) is 1.75. The van der Waals surface area contributed by atoms with Gasteiger partial charge >= 0.3 is 0 Å². The molecule has 0 saturated carbocycles. The zero-order chi connectivity index (χ0) is 12.4. The van der Waals surface area contributed by atoms with Crippen LogP contribution in [0.1, 0.15) is 11.4 Å². The van der Waals surface area contributed by atoms with E-state index in [0.29, 0.717) is 5.13 Å². The number of nitrogens with zero attached hydrogens (tertiary/aromatic N) is 5. The molecular weight excluding hydrogens is 248 g/mol. The molecule has 2 aromatic heterocycles. The molecular formula is C11H10N6S. The average molecular weight is 258 g/mol. The van der Waals surface area contributed by atoms with Gasteiger partial charge in [0, 0.05) is 0 Å². The van der Waals surface area contributed by atoms with Gasteiger partial charge in [-0.05, 0) is 12.5 Å². The van der Waals surface area contributed by atoms with Crippen LogP contribution in [0.4, 0.5) is 5.13 Å². The second-order valence-corrected chi connectivity index (χ2v) is 4.59. The van der Waals surface area contributed by atoms with Crippen LogP contribution in [0.15, 0.2) is 35.4 Å². The van der Waals surface area contributed by atoms with E-state index in [2.05, 4.69) is 25.8 Å². The molecule has 0 bridgehead atoms. The molecule has 1 aromatic carbocycles. The molecule has 3 aromatic rings. The largest absolute Gasteiger partial charge is 0.251 e. The van der Waals surface area contributed by atoms with Crippen LogP contribution in [-0.2, 0) is 0 Å². The van der Waals surface area contributed by atoms with Crippen molar-refractivity contribution in [2.24, 2.45) is 5.10 Å². The van der Waals surface area contributed by atoms with Crippen molar-refractivity contribution in [3.63, 3.8) is 0 Å². The van der Waals surface area contributed by atoms with E-state index >= 15 is 0 Å². The first-order valence-electron chi connectivity index (χ1n) is 5.36. The van der Waals surface area contributed by atoms with Crippen molar-refractivity contribution in [2.75, 3.05) is 5.43 Å². The quantitative estimate of drug-likeness (QED) is 0.576. The van der Waals surface area contributed by atoms with Gasteiger partial charge in [-0.25, -0.2) is 0 Å². The highest BCUT2D eigenvalue weighted by molar-refractivity contribution is 7.20. The predicted octanol–water partition coefficient (Wildman–Crippen LogP) is 1.94. The minimum atomic E-state index is 0.690. The molecule has 90 valence electrons. The zero-order valence-electron chi connectivity index (χ0n) is 9.61. The van der Waals surface area contributed by atoms with E-state index in [1.165, 1.54) is 11.3 Å². The van der Waals surface area contributed by atoms with Gasteiger partial charge in [-0.3, -0.25) is 5.43 Å². The summed E-state index contributed by atoms with van der Waals surface area (Å²) in [4.78, 5) is 0.755. The number of aromatic nitrogens is 4. The molecule has 6 nitrogen and oxygen atoms in total. The molecule has 0 unspecified atom stereocenters. The Hall–Kier alpha value is -2.28. The van der Waals surface area contributed by atoms with Gasteiger partial charge in [0.1, 0.15) is 0 Å². The third-order valence-corrected chi connectivity index (χ3v) is 3.12. The van der Waals surface area contributed by atoms with Gasteiger partial charge in [-0.2, -0.15) is 9.62 Å². The van der Waals surface area contributed by atoms with Crippen molar-refractivity contribution >= 4 is 27.6 Å². The fraction of sp³-hybridized carbons (Fsp3) is 0.0909. The van der Waals surface area contributed by atoms with E-state index < -0.39 is 0 Å². The maximum absolute atomic E-state index is 4.29. The summed E-state index contributed by atoms with van der Waals surface area (Å²) in [6, 6.07) is 9.86. The van der Waals surface area contributed by atoms with E-state index in [0.717, 1.165) is 16.3 Å². The Morgan fingerprint density at radius 1 is 1.28 bits per heavy atom. The number of nitrogens with one attached hydrogen (secondary N) is 1. The van der Waals surface area contributed by atoms with Crippen molar-refractivity contribution in [3.8, 4) is 0 Å². The van der Waals surface area contributed by atoms with Crippen LogP contribution in [0, 0.1) is 6.92 Å². The first-order chi connectivity index (χ1) is 8.83. The van der Waals surface area contributed by atoms with Crippen LogP contribution in [0.3, 0.4) is 0 Å². The van der Waals surface area contributed by atoms with Crippen molar-refractivity contribution in [1.29, 1.82) is 0 Å². The smallest absolute Gasteiger partial charge is 0.236 e. The summed E-state index contributed by atoms with van der Waals surface area (Å²) in [7, 11) is 0. The molecule has 0 saturated heterocycles. The van der Waals surface area contributed by atoms with E-state index in [9.17, 15) is 0 Å². The Labute approximate surface area is 107 Å². The van der Waals surface area contributed by atoms with Crippen LogP contribution < -0.4 is 5.43 Å². The van der Waals surface area contributed by atoms with Crippen molar-refractivity contribution in [1.82, 2.24) is 19.8 Å². The van der Waals surface area contributed by atoms with E-state index in [4.69, 9.17) is 0 Å². The zero-order valence-corrected chi connectivity index (χ0v) is 10.4. The van der Waals surface area contributed by atoms with Gasteiger partial charge in [0.25, 0.3) is 0 Å². The van der Waals surface area contributed by atoms with E-state index in [-0.39, 0.29) is 0 Å². The average Bonchev–Trinajstić information content (AvgIpc) is 2.94. The lowest BCUT2D eigenvalue weighted by molar-refractivity contribution is 0.894. The van der Waals surface area contributed by atoms with Gasteiger partial charge in [0.2, 0.25) is 10.1 Å². The summed E-state index contributed by atoms with van der Waals surface area (Å²) >= 11 is 1.41. The Bertz CT molecular complexity index is 684. The van der Waals surface area contributed by atoms with Crippen LogP contribution in [0.5, 0.6) is 0 Å². The Kier molecular flexibility index (Phi) is 2.73. The monoisotopic (exact) mass is 258 g/mol. The highest BCUT2D eigenvalue weighted by atomic mass is 32.1. The molecule has 0 aliphatic rings. The topological polar surface area (TPSA) is 67.5 Å². The van der Waals surface area contributed by atoms with Crippen LogP contribution in [-0.4, -0.2) is 26.0 Å². The summed E-state index contributed by atoms with van der Waals surface area (Å²) in [6.45, 7) is 1.86. The lowest BCUT2D eigenvalue weighted by Gasteiger charge is -1.92. The van der Waals surface area contributed by atoms with Gasteiger partial charge < -0.3 is 0 Å². The normalized spacial score (nSPS) is 11.4. The molecule has 3 rings (SSSR count). The number of aryl methyl sites for hydroxylation is 1. The van der Waals surface area contributed by atoms with E-state index in [1.54, 1.807) is 10.7 Å². The summed E-state index contributed by atoms with van der Waals surface area (Å²) in [5.74, 6) is 0.765. The molecule has 0 amide bonds. The molecule has 0 fully saturated rings. The Morgan fingerprint density at radius 3 is 2.89 bits per heavy atom. The SMILES string of the molecule is Cc1nnc2sc(NN=Cc3ccccc3)nn12. The van der Waals surface area contributed by atoms with Crippen LogP contribution in [0.2, 0.25) is 0 Å². The number of fused-ring (bicyclic) bond motifs is 1. The predicted molar refractivity (Wildman–Crippen MR) is 71.1 cm³/mol. The minimum absolute atomic E-state index is 0.690. The third kappa shape index (κ3) is 2.07. The number of hydrazone groups is 1. The Balaban J connectivity index is 1.75. The molecule has 0 radical (unpaired) electrons. The fourth-order valence-corrected chi connectivity index (χ4v) is 2.20. The van der Waals surface area contributed by atoms with Gasteiger partial charge in [0.15, 0.2) is 5.82 Å². The molecule has 7 heteroatoms. The second kappa shape index (κ2) is 4.53. The molecule has 2 heterocycles. The lowest BCUT2D eigenvalue weighted by Crippen LogP contribution is -1.93. The van der Waals surface area contributed by atoms with E-state index in [1.807, 2.05) is 37.3 Å². The summed E-state index contributed by atoms with van der Waals surface area (Å²) in [5, 5.41) is 17.0. The first-order valence-corrected chi connectivity index (χ1v) is 6.17. The lowest BCUT2D eigenvalue weighted by atomic mass is 10.2. The van der Waals surface area contributed by atoms with Gasteiger partial charge in [-0.1, -0.05) is 41.7 Å². The maximum atomic E-state index is 4.29. The molecule has 0 atom stereocenters. The van der Waals surface area contributed by atoms with Crippen molar-refractivity contribution in [2.45, 2.75) is 6.92 Å². The summed E-state index contributed by atoms with van der Waals surface area (Å²) < 4.78 is 1.69. The Morgan fingerprint density at radius 2 is 2.11 bits per heavy atom. The molecule has 0 aliphatic carbocycles. The van der Waals surface area contributed by atoms with Crippen molar-refractivity contribution < 1.29 is 0 Å². The maximum Gasteiger partial charge on any atom is 0.236 e. The van der Waals surface area contributed by atoms with Crippen LogP contribution in [0.25, 0.3) is 4.96 Å². The second-order valence-electron chi connectivity index (χ2n) is 3.63. The van der Waals surface area contributed by atoms with Crippen molar-refractivity contribution in [3.05, 3.63) is 41.7 Å². The van der Waals surface area contributed by atoms with Gasteiger partial charge in [0.05, 0.1) is 6.21 Å². The number of rotatable bonds is 3. The standard InChI is InChI=1S/C11H10N6S/c1-8-13-15-11-17(8)16-10(18-11)14-12-7-9-5-3-2-4-6-9/h2-7H,1H3,(H,14,16).